The molecule has 11 nitrogen and oxygen atoms in total. The van der Waals surface area contributed by atoms with Crippen LogP contribution in [-0.4, -0.2) is 55.6 Å². The lowest BCUT2D eigenvalue weighted by atomic mass is 10.1. The fourth-order valence-corrected chi connectivity index (χ4v) is 4.10. The molecular weight excluding hydrogens is 462 g/mol. The number of anilines is 1. The van der Waals surface area contributed by atoms with Gasteiger partial charge in [-0.05, 0) is 31.0 Å². The first-order valence-electron chi connectivity index (χ1n) is 10.2. The summed E-state index contributed by atoms with van der Waals surface area (Å²) in [5.74, 6) is -2.65. The van der Waals surface area contributed by atoms with Gasteiger partial charge in [0, 0.05) is 19.5 Å². The molecule has 4 N–H and O–H groups in total. The van der Waals surface area contributed by atoms with E-state index < -0.39 is 30.3 Å². The number of amides is 1. The monoisotopic (exact) mass is 485 g/mol. The molecule has 3 rings (SSSR count). The van der Waals surface area contributed by atoms with Crippen molar-refractivity contribution in [2.45, 2.75) is 32.4 Å². The Morgan fingerprint density at radius 3 is 2.76 bits per heavy atom. The van der Waals surface area contributed by atoms with Gasteiger partial charge in [-0.3, -0.25) is 14.4 Å². The van der Waals surface area contributed by atoms with Gasteiger partial charge >= 0.3 is 11.9 Å². The van der Waals surface area contributed by atoms with E-state index in [1.54, 1.807) is 25.1 Å². The van der Waals surface area contributed by atoms with Crippen LogP contribution in [0.4, 0.5) is 5.00 Å². The first kappa shape index (κ1) is 24.6. The quantitative estimate of drug-likeness (QED) is 0.297. The summed E-state index contributed by atoms with van der Waals surface area (Å²) in [5, 5.41) is 21.5. The number of carbonyl (C=O) groups excluding carboxylic acids is 1. The minimum atomic E-state index is -1.34. The third-order valence-corrected chi connectivity index (χ3v) is 5.92. The van der Waals surface area contributed by atoms with E-state index in [1.807, 2.05) is 11.0 Å². The summed E-state index contributed by atoms with van der Waals surface area (Å²) < 4.78 is 0. The van der Waals surface area contributed by atoms with Crippen LogP contribution in [0, 0.1) is 6.92 Å². The fourth-order valence-electron chi connectivity index (χ4n) is 3.27. The number of carboxylic acids is 2. The highest BCUT2D eigenvalue weighted by molar-refractivity contribution is 7.17. The van der Waals surface area contributed by atoms with Crippen molar-refractivity contribution in [1.29, 1.82) is 0 Å². The zero-order chi connectivity index (χ0) is 24.8. The molecule has 2 aromatic heterocycles. The van der Waals surface area contributed by atoms with Gasteiger partial charge in [0.25, 0.3) is 11.5 Å². The summed E-state index contributed by atoms with van der Waals surface area (Å²) in [5.41, 5.74) is 1.20. The summed E-state index contributed by atoms with van der Waals surface area (Å²) in [6.07, 6.45) is 2.54. The second-order valence-corrected chi connectivity index (χ2v) is 8.48. The van der Waals surface area contributed by atoms with E-state index in [4.69, 9.17) is 5.11 Å². The molecule has 0 aliphatic rings. The van der Waals surface area contributed by atoms with Gasteiger partial charge in [-0.1, -0.05) is 23.5 Å². The largest absolute Gasteiger partial charge is 0.481 e. The minimum Gasteiger partial charge on any atom is -0.481 e. The molecular formula is C22H23N5O6S. The Morgan fingerprint density at radius 1 is 1.32 bits per heavy atom. The van der Waals surface area contributed by atoms with Crippen molar-refractivity contribution >= 4 is 45.1 Å². The number of aliphatic carboxylic acids is 2. The zero-order valence-electron chi connectivity index (χ0n) is 18.3. The van der Waals surface area contributed by atoms with Crippen LogP contribution in [0.3, 0.4) is 0 Å². The Kier molecular flexibility index (Phi) is 7.74. The van der Waals surface area contributed by atoms with Crippen LogP contribution in [0.25, 0.3) is 10.9 Å². The molecule has 178 valence electrons. The lowest BCUT2D eigenvalue weighted by Gasteiger charge is -2.21. The van der Waals surface area contributed by atoms with E-state index in [2.05, 4.69) is 26.8 Å². The summed E-state index contributed by atoms with van der Waals surface area (Å²) in [6, 6.07) is 4.05. The maximum absolute atomic E-state index is 12.5. The van der Waals surface area contributed by atoms with Crippen LogP contribution in [0.5, 0.6) is 0 Å². The van der Waals surface area contributed by atoms with Crippen molar-refractivity contribution in [2.24, 2.45) is 0 Å². The van der Waals surface area contributed by atoms with Gasteiger partial charge in [0.1, 0.15) is 16.9 Å². The SMILES string of the molecule is C=CCN(Cc1ccc2nc(C)[nH]c(=O)c2c1)c1cnc(C(=O)N[C@@H](CCC(=O)O)C(=O)O)s1. The normalized spacial score (nSPS) is 11.7. The van der Waals surface area contributed by atoms with Gasteiger partial charge < -0.3 is 25.4 Å². The second kappa shape index (κ2) is 10.7. The summed E-state index contributed by atoms with van der Waals surface area (Å²) in [7, 11) is 0. The molecule has 0 fully saturated rings. The zero-order valence-corrected chi connectivity index (χ0v) is 19.1. The van der Waals surface area contributed by atoms with Crippen molar-refractivity contribution in [3.8, 4) is 0 Å². The summed E-state index contributed by atoms with van der Waals surface area (Å²) >= 11 is 1.06. The van der Waals surface area contributed by atoms with Gasteiger partial charge in [0.2, 0.25) is 0 Å². The lowest BCUT2D eigenvalue weighted by Crippen LogP contribution is -2.41. The number of nitrogens with zero attached hydrogens (tertiary/aromatic N) is 3. The van der Waals surface area contributed by atoms with E-state index in [-0.39, 0.29) is 17.0 Å². The fraction of sp³-hybridized carbons (Fsp3) is 0.273. The van der Waals surface area contributed by atoms with Crippen molar-refractivity contribution in [3.63, 3.8) is 0 Å². The Balaban J connectivity index is 1.78. The van der Waals surface area contributed by atoms with Crippen molar-refractivity contribution in [3.05, 3.63) is 63.8 Å². The number of hydrogen-bond acceptors (Lipinski definition) is 8. The topological polar surface area (TPSA) is 166 Å². The molecule has 0 saturated carbocycles. The number of hydrogen-bond donors (Lipinski definition) is 4. The molecule has 2 heterocycles. The van der Waals surface area contributed by atoms with E-state index in [0.29, 0.717) is 34.8 Å². The minimum absolute atomic E-state index is 0.0419. The number of rotatable bonds is 11. The number of thiazole rings is 1. The van der Waals surface area contributed by atoms with E-state index in [9.17, 15) is 24.3 Å². The highest BCUT2D eigenvalue weighted by atomic mass is 32.1. The average Bonchev–Trinajstić information content (AvgIpc) is 3.26. The Hall–Kier alpha value is -4.06. The van der Waals surface area contributed by atoms with Crippen molar-refractivity contribution in [2.75, 3.05) is 11.4 Å². The van der Waals surface area contributed by atoms with Crippen LogP contribution in [-0.2, 0) is 16.1 Å². The molecule has 0 spiro atoms. The maximum atomic E-state index is 12.5. The molecule has 0 radical (unpaired) electrons. The number of benzene rings is 1. The first-order chi connectivity index (χ1) is 16.2. The molecule has 0 saturated heterocycles. The molecule has 0 aliphatic heterocycles. The van der Waals surface area contributed by atoms with Crippen LogP contribution < -0.4 is 15.8 Å². The number of carboxylic acid groups (broad SMARTS) is 2. The number of carbonyl (C=O) groups is 3. The lowest BCUT2D eigenvalue weighted by molar-refractivity contribution is -0.140. The van der Waals surface area contributed by atoms with E-state index >= 15 is 0 Å². The number of aromatic nitrogens is 3. The Bertz CT molecular complexity index is 1300. The van der Waals surface area contributed by atoms with Gasteiger partial charge in [-0.2, -0.15) is 0 Å². The predicted molar refractivity (Wildman–Crippen MR) is 126 cm³/mol. The van der Waals surface area contributed by atoms with E-state index in [1.165, 1.54) is 6.20 Å². The molecule has 3 aromatic rings. The summed E-state index contributed by atoms with van der Waals surface area (Å²) in [6.45, 7) is 6.30. The number of aromatic amines is 1. The molecule has 0 aliphatic carbocycles. The molecule has 1 amide bonds. The van der Waals surface area contributed by atoms with Crippen LogP contribution >= 0.6 is 11.3 Å². The van der Waals surface area contributed by atoms with Crippen LogP contribution in [0.2, 0.25) is 0 Å². The molecule has 1 atom stereocenters. The van der Waals surface area contributed by atoms with Crippen LogP contribution in [0.15, 0.2) is 41.8 Å². The highest BCUT2D eigenvalue weighted by Gasteiger charge is 2.24. The average molecular weight is 486 g/mol. The molecule has 0 bridgehead atoms. The number of nitrogens with one attached hydrogen (secondary N) is 2. The number of fused-ring (bicyclic) bond motifs is 1. The van der Waals surface area contributed by atoms with Gasteiger partial charge in [-0.15, -0.1) is 6.58 Å². The third kappa shape index (κ3) is 6.04. The van der Waals surface area contributed by atoms with Gasteiger partial charge in [0.05, 0.1) is 17.1 Å². The van der Waals surface area contributed by atoms with Crippen molar-refractivity contribution < 1.29 is 24.6 Å². The van der Waals surface area contributed by atoms with E-state index in [0.717, 1.165) is 16.9 Å². The summed E-state index contributed by atoms with van der Waals surface area (Å²) in [4.78, 5) is 59.9. The highest BCUT2D eigenvalue weighted by Crippen LogP contribution is 2.26. The molecule has 12 heteroatoms. The maximum Gasteiger partial charge on any atom is 0.326 e. The second-order valence-electron chi connectivity index (χ2n) is 7.47. The first-order valence-corrected chi connectivity index (χ1v) is 11.1. The Morgan fingerprint density at radius 2 is 2.09 bits per heavy atom. The van der Waals surface area contributed by atoms with Crippen molar-refractivity contribution in [1.82, 2.24) is 20.3 Å². The van der Waals surface area contributed by atoms with Crippen LogP contribution in [0.1, 0.15) is 34.0 Å². The number of H-pyrrole nitrogens is 1. The molecule has 0 unspecified atom stereocenters. The predicted octanol–water partition coefficient (Wildman–Crippen LogP) is 1.93. The smallest absolute Gasteiger partial charge is 0.326 e. The standard InChI is InChI=1S/C22H23N5O6S/c1-3-8-27(11-13-4-5-15-14(9-13)19(30)25-12(2)24-15)17-10-23-21(34-17)20(31)26-16(22(32)33)6-7-18(28)29/h3-5,9-10,16H,1,6-8,11H2,2H3,(H,26,31)(H,28,29)(H,32,33)(H,24,25,30)/t16-/m0/s1. The van der Waals surface area contributed by atoms with Gasteiger partial charge in [-0.25, -0.2) is 14.8 Å². The Labute approximate surface area is 197 Å². The van der Waals surface area contributed by atoms with Gasteiger partial charge in [0.15, 0.2) is 5.01 Å². The molecule has 34 heavy (non-hydrogen) atoms. The third-order valence-electron chi connectivity index (χ3n) is 4.86. The number of aryl methyl sites for hydroxylation is 1. The molecule has 1 aromatic carbocycles.